The maximum Gasteiger partial charge on any atom is 0.146 e. The normalized spacial score (nSPS) is 11.0. The summed E-state index contributed by atoms with van der Waals surface area (Å²) in [4.78, 5) is 4.01. The molecule has 1 rings (SSSR count). The van der Waals surface area contributed by atoms with Gasteiger partial charge in [-0.15, -0.1) is 0 Å². The lowest BCUT2D eigenvalue weighted by molar-refractivity contribution is 1.25. The fourth-order valence-electron chi connectivity index (χ4n) is 1.09. The number of alkyl halides is 1. The molecule has 0 fully saturated rings. The molecule has 0 radical (unpaired) electrons. The van der Waals surface area contributed by atoms with Crippen molar-refractivity contribution in [2.45, 2.75) is 13.3 Å². The van der Waals surface area contributed by atoms with Crippen molar-refractivity contribution in [2.75, 3.05) is 16.8 Å². The van der Waals surface area contributed by atoms with Crippen molar-refractivity contribution in [1.29, 1.82) is 0 Å². The Labute approximate surface area is 92.3 Å². The number of nitrogens with two attached hydrogens (primary N) is 2. The Morgan fingerprint density at radius 1 is 1.50 bits per heavy atom. The molecule has 1 heterocycles. The smallest absolute Gasteiger partial charge is 0.146 e. The van der Waals surface area contributed by atoms with E-state index in [4.69, 9.17) is 11.5 Å². The Balaban J connectivity index is 2.94. The van der Waals surface area contributed by atoms with Gasteiger partial charge in [0, 0.05) is 11.5 Å². The maximum atomic E-state index is 5.76. The zero-order chi connectivity index (χ0) is 10.6. The Bertz CT molecular complexity index is 347. The first-order chi connectivity index (χ1) is 6.66. The molecule has 0 unspecified atom stereocenters. The molecule has 3 nitrogen and oxygen atoms in total. The summed E-state index contributed by atoms with van der Waals surface area (Å²) in [5.41, 5.74) is 13.9. The van der Waals surface area contributed by atoms with Gasteiger partial charge in [0.2, 0.25) is 0 Å². The van der Waals surface area contributed by atoms with Crippen LogP contribution in [0, 0.1) is 6.92 Å². The predicted octanol–water partition coefficient (Wildman–Crippen LogP) is 2.35. The van der Waals surface area contributed by atoms with Gasteiger partial charge in [-0.25, -0.2) is 4.98 Å². The summed E-state index contributed by atoms with van der Waals surface area (Å²) in [6, 6.07) is 0. The number of pyridine rings is 1. The van der Waals surface area contributed by atoms with Crippen LogP contribution < -0.4 is 11.5 Å². The van der Waals surface area contributed by atoms with E-state index < -0.39 is 0 Å². The molecule has 0 aliphatic heterocycles. The average molecular weight is 256 g/mol. The van der Waals surface area contributed by atoms with E-state index in [0.717, 1.165) is 22.9 Å². The van der Waals surface area contributed by atoms with E-state index in [1.807, 2.05) is 13.0 Å². The number of anilines is 2. The molecule has 0 aromatic carbocycles. The van der Waals surface area contributed by atoms with Gasteiger partial charge >= 0.3 is 0 Å². The number of hydrogen-bond donors (Lipinski definition) is 2. The van der Waals surface area contributed by atoms with Crippen LogP contribution in [0.2, 0.25) is 0 Å². The average Bonchev–Trinajstić information content (AvgIpc) is 2.18. The van der Waals surface area contributed by atoms with E-state index in [1.165, 1.54) is 0 Å². The Morgan fingerprint density at radius 2 is 2.21 bits per heavy atom. The minimum absolute atomic E-state index is 0.403. The van der Waals surface area contributed by atoms with Crippen molar-refractivity contribution in [3.05, 3.63) is 23.4 Å². The fraction of sp³-hybridized carbons (Fsp3) is 0.300. The number of halogens is 1. The molecule has 76 valence electrons. The van der Waals surface area contributed by atoms with E-state index in [9.17, 15) is 0 Å². The highest BCUT2D eigenvalue weighted by Gasteiger charge is 2.02. The highest BCUT2D eigenvalue weighted by molar-refractivity contribution is 9.09. The van der Waals surface area contributed by atoms with Crippen LogP contribution in [0.3, 0.4) is 0 Å². The van der Waals surface area contributed by atoms with Gasteiger partial charge < -0.3 is 11.5 Å². The van der Waals surface area contributed by atoms with Crippen LogP contribution in [0.4, 0.5) is 11.5 Å². The molecule has 0 bridgehead atoms. The number of hydrogen-bond acceptors (Lipinski definition) is 3. The van der Waals surface area contributed by atoms with Crippen molar-refractivity contribution in [3.8, 4) is 0 Å². The second-order valence-corrected chi connectivity index (χ2v) is 3.81. The van der Waals surface area contributed by atoms with Crippen LogP contribution in [-0.2, 0) is 0 Å². The largest absolute Gasteiger partial charge is 0.396 e. The number of nitrogen functional groups attached to an aromatic ring is 2. The highest BCUT2D eigenvalue weighted by atomic mass is 79.9. The van der Waals surface area contributed by atoms with Gasteiger partial charge in [-0.2, -0.15) is 0 Å². The standard InChI is InChI=1S/C10H14BrN3/c1-7-8(4-2-3-5-11)6-14-10(13)9(7)12/h2,4,6H,3,5,12H2,1H3,(H2,13,14). The highest BCUT2D eigenvalue weighted by Crippen LogP contribution is 2.21. The summed E-state index contributed by atoms with van der Waals surface area (Å²) < 4.78 is 0. The van der Waals surface area contributed by atoms with Gasteiger partial charge in [0.1, 0.15) is 5.82 Å². The zero-order valence-corrected chi connectivity index (χ0v) is 9.71. The molecule has 0 atom stereocenters. The third-order valence-electron chi connectivity index (χ3n) is 2.03. The number of aromatic nitrogens is 1. The molecule has 4 N–H and O–H groups in total. The van der Waals surface area contributed by atoms with Gasteiger partial charge in [0.25, 0.3) is 0 Å². The van der Waals surface area contributed by atoms with Gasteiger partial charge in [0.05, 0.1) is 5.69 Å². The summed E-state index contributed by atoms with van der Waals surface area (Å²) in [6.07, 6.45) is 6.82. The van der Waals surface area contributed by atoms with Crippen molar-refractivity contribution in [2.24, 2.45) is 0 Å². The first-order valence-corrected chi connectivity index (χ1v) is 5.52. The van der Waals surface area contributed by atoms with Crippen molar-refractivity contribution in [1.82, 2.24) is 4.98 Å². The molecule has 0 saturated carbocycles. The summed E-state index contributed by atoms with van der Waals surface area (Å²) in [6.45, 7) is 1.95. The monoisotopic (exact) mass is 255 g/mol. The third-order valence-corrected chi connectivity index (χ3v) is 2.49. The lowest BCUT2D eigenvalue weighted by atomic mass is 10.1. The minimum atomic E-state index is 0.403. The lowest BCUT2D eigenvalue weighted by Crippen LogP contribution is -2.01. The van der Waals surface area contributed by atoms with Crippen LogP contribution in [0.1, 0.15) is 17.5 Å². The second kappa shape index (κ2) is 5.00. The van der Waals surface area contributed by atoms with E-state index in [2.05, 4.69) is 27.0 Å². The van der Waals surface area contributed by atoms with Crippen LogP contribution in [0.25, 0.3) is 6.08 Å². The quantitative estimate of drug-likeness (QED) is 0.816. The predicted molar refractivity (Wildman–Crippen MR) is 65.2 cm³/mol. The fourth-order valence-corrected chi connectivity index (χ4v) is 1.36. The van der Waals surface area contributed by atoms with E-state index in [1.54, 1.807) is 6.20 Å². The lowest BCUT2D eigenvalue weighted by Gasteiger charge is -2.05. The van der Waals surface area contributed by atoms with Crippen molar-refractivity contribution >= 4 is 33.5 Å². The molecule has 0 aliphatic carbocycles. The minimum Gasteiger partial charge on any atom is -0.396 e. The second-order valence-electron chi connectivity index (χ2n) is 3.02. The molecule has 4 heteroatoms. The molecule has 0 spiro atoms. The Morgan fingerprint density at radius 3 is 2.86 bits per heavy atom. The zero-order valence-electron chi connectivity index (χ0n) is 8.13. The van der Waals surface area contributed by atoms with Crippen LogP contribution >= 0.6 is 15.9 Å². The Hall–Kier alpha value is -1.03. The molecule has 0 amide bonds. The Kier molecular flexibility index (Phi) is 3.95. The molecule has 1 aromatic rings. The van der Waals surface area contributed by atoms with Gasteiger partial charge in [0.15, 0.2) is 0 Å². The first kappa shape index (κ1) is 11.0. The summed E-state index contributed by atoms with van der Waals surface area (Å²) >= 11 is 3.36. The van der Waals surface area contributed by atoms with Crippen LogP contribution in [-0.4, -0.2) is 10.3 Å². The van der Waals surface area contributed by atoms with Gasteiger partial charge in [-0.3, -0.25) is 0 Å². The summed E-state index contributed by atoms with van der Waals surface area (Å²) in [5.74, 6) is 0.403. The van der Waals surface area contributed by atoms with Gasteiger partial charge in [-0.05, 0) is 24.5 Å². The summed E-state index contributed by atoms with van der Waals surface area (Å²) in [7, 11) is 0. The van der Waals surface area contributed by atoms with E-state index in [-0.39, 0.29) is 0 Å². The maximum absolute atomic E-state index is 5.76. The van der Waals surface area contributed by atoms with Gasteiger partial charge in [-0.1, -0.05) is 28.1 Å². The first-order valence-electron chi connectivity index (χ1n) is 4.40. The van der Waals surface area contributed by atoms with Crippen LogP contribution in [0.15, 0.2) is 12.3 Å². The van der Waals surface area contributed by atoms with E-state index in [0.29, 0.717) is 11.5 Å². The molecule has 0 aliphatic rings. The molecular formula is C10H14BrN3. The van der Waals surface area contributed by atoms with Crippen LogP contribution in [0.5, 0.6) is 0 Å². The summed E-state index contributed by atoms with van der Waals surface area (Å²) in [5, 5.41) is 0.959. The number of allylic oxidation sites excluding steroid dienone is 1. The SMILES string of the molecule is Cc1c(C=CCCBr)cnc(N)c1N. The van der Waals surface area contributed by atoms with E-state index >= 15 is 0 Å². The molecule has 1 aromatic heterocycles. The molecule has 14 heavy (non-hydrogen) atoms. The number of nitrogens with zero attached hydrogens (tertiary/aromatic N) is 1. The number of rotatable bonds is 3. The third kappa shape index (κ3) is 2.48. The topological polar surface area (TPSA) is 64.9 Å². The van der Waals surface area contributed by atoms with Crippen molar-refractivity contribution < 1.29 is 0 Å². The molecule has 0 saturated heterocycles. The molecular weight excluding hydrogens is 242 g/mol. The van der Waals surface area contributed by atoms with Crippen molar-refractivity contribution in [3.63, 3.8) is 0 Å².